The van der Waals surface area contributed by atoms with Gasteiger partial charge in [0.25, 0.3) is 0 Å². The minimum absolute atomic E-state index is 0.121. The molecule has 0 spiro atoms. The zero-order chi connectivity index (χ0) is 14.8. The van der Waals surface area contributed by atoms with Crippen LogP contribution in [0.2, 0.25) is 0 Å². The molecular weight excluding hydrogens is 252 g/mol. The number of Topliss-reactive ketones (excluding diaryl/α,β-unsaturated/α-hetero) is 1. The van der Waals surface area contributed by atoms with E-state index in [1.165, 1.54) is 25.7 Å². The van der Waals surface area contributed by atoms with Gasteiger partial charge in [0.2, 0.25) is 0 Å². The maximum atomic E-state index is 12.3. The normalized spacial score (nSPS) is 22.8. The molecule has 0 bridgehead atoms. The molecule has 0 aromatic heterocycles. The molecule has 1 rings (SSSR count). The van der Waals surface area contributed by atoms with E-state index >= 15 is 0 Å². The van der Waals surface area contributed by atoms with Crippen LogP contribution in [0.4, 0.5) is 0 Å². The molecular formula is C17H30O3. The summed E-state index contributed by atoms with van der Waals surface area (Å²) in [7, 11) is 0. The first-order valence-corrected chi connectivity index (χ1v) is 8.38. The van der Waals surface area contributed by atoms with Crippen LogP contribution in [0.5, 0.6) is 0 Å². The first kappa shape index (κ1) is 17.2. The van der Waals surface area contributed by atoms with Gasteiger partial charge < -0.3 is 4.74 Å². The molecule has 116 valence electrons. The van der Waals surface area contributed by atoms with E-state index in [1.807, 2.05) is 6.92 Å². The third kappa shape index (κ3) is 4.60. The number of carbonyl (C=O) groups is 2. The average Bonchev–Trinajstić information content (AvgIpc) is 2.45. The predicted octanol–water partition coefficient (Wildman–Crippen LogP) is 4.43. The topological polar surface area (TPSA) is 43.4 Å². The van der Waals surface area contributed by atoms with Crippen molar-refractivity contribution in [3.8, 4) is 0 Å². The van der Waals surface area contributed by atoms with E-state index in [2.05, 4.69) is 6.92 Å². The molecule has 1 saturated carbocycles. The molecule has 1 aliphatic carbocycles. The van der Waals surface area contributed by atoms with E-state index in [-0.39, 0.29) is 11.8 Å². The first-order valence-electron chi connectivity index (χ1n) is 8.38. The fourth-order valence-corrected chi connectivity index (χ4v) is 3.15. The van der Waals surface area contributed by atoms with Crippen LogP contribution in [0.15, 0.2) is 0 Å². The molecule has 3 nitrogen and oxygen atoms in total. The number of unbranched alkanes of at least 4 members (excludes halogenated alkanes) is 5. The molecule has 1 atom stereocenters. The minimum Gasteiger partial charge on any atom is -0.465 e. The Morgan fingerprint density at radius 1 is 1.10 bits per heavy atom. The van der Waals surface area contributed by atoms with Gasteiger partial charge in [-0.1, -0.05) is 51.9 Å². The predicted molar refractivity (Wildman–Crippen MR) is 80.5 cm³/mol. The highest BCUT2D eigenvalue weighted by Gasteiger charge is 2.47. The van der Waals surface area contributed by atoms with E-state index in [0.717, 1.165) is 25.7 Å². The van der Waals surface area contributed by atoms with Gasteiger partial charge in [0.15, 0.2) is 0 Å². The molecule has 1 fully saturated rings. The van der Waals surface area contributed by atoms with Crippen molar-refractivity contribution in [3.05, 3.63) is 0 Å². The second-order valence-corrected chi connectivity index (χ2v) is 5.95. The van der Waals surface area contributed by atoms with Crippen molar-refractivity contribution < 1.29 is 14.3 Å². The van der Waals surface area contributed by atoms with Gasteiger partial charge in [-0.3, -0.25) is 9.59 Å². The lowest BCUT2D eigenvalue weighted by Crippen LogP contribution is -2.43. The van der Waals surface area contributed by atoms with Crippen LogP contribution in [-0.2, 0) is 14.3 Å². The summed E-state index contributed by atoms with van der Waals surface area (Å²) >= 11 is 0. The van der Waals surface area contributed by atoms with Crippen LogP contribution in [0.25, 0.3) is 0 Å². The van der Waals surface area contributed by atoms with Gasteiger partial charge in [-0.2, -0.15) is 0 Å². The van der Waals surface area contributed by atoms with Gasteiger partial charge in [0, 0.05) is 6.42 Å². The Morgan fingerprint density at radius 3 is 2.45 bits per heavy atom. The fraction of sp³-hybridized carbons (Fsp3) is 0.882. The SMILES string of the molecule is CCCCCCCCC1(C(=O)OCC)CCCCC1=O. The molecule has 20 heavy (non-hydrogen) atoms. The van der Waals surface area contributed by atoms with E-state index in [1.54, 1.807) is 0 Å². The molecule has 0 aliphatic heterocycles. The number of ether oxygens (including phenoxy) is 1. The Labute approximate surface area is 123 Å². The van der Waals surface area contributed by atoms with Crippen LogP contribution in [0, 0.1) is 5.41 Å². The maximum absolute atomic E-state index is 12.3. The van der Waals surface area contributed by atoms with E-state index in [4.69, 9.17) is 4.74 Å². The monoisotopic (exact) mass is 282 g/mol. The fourth-order valence-electron chi connectivity index (χ4n) is 3.15. The third-order valence-electron chi connectivity index (χ3n) is 4.41. The lowest BCUT2D eigenvalue weighted by molar-refractivity contribution is -0.163. The van der Waals surface area contributed by atoms with Crippen molar-refractivity contribution in [2.24, 2.45) is 5.41 Å². The Balaban J connectivity index is 2.50. The quantitative estimate of drug-likeness (QED) is 0.357. The van der Waals surface area contributed by atoms with Gasteiger partial charge >= 0.3 is 5.97 Å². The zero-order valence-corrected chi connectivity index (χ0v) is 13.2. The molecule has 0 amide bonds. The summed E-state index contributed by atoms with van der Waals surface area (Å²) in [5, 5.41) is 0. The van der Waals surface area contributed by atoms with Crippen LogP contribution in [-0.4, -0.2) is 18.4 Å². The molecule has 1 unspecified atom stereocenters. The van der Waals surface area contributed by atoms with Crippen molar-refractivity contribution in [1.82, 2.24) is 0 Å². The van der Waals surface area contributed by atoms with E-state index in [0.29, 0.717) is 25.9 Å². The highest BCUT2D eigenvalue weighted by Crippen LogP contribution is 2.39. The zero-order valence-electron chi connectivity index (χ0n) is 13.2. The first-order chi connectivity index (χ1) is 9.67. The maximum Gasteiger partial charge on any atom is 0.319 e. The van der Waals surface area contributed by atoms with Crippen molar-refractivity contribution in [2.75, 3.05) is 6.61 Å². The molecule has 0 saturated heterocycles. The largest absolute Gasteiger partial charge is 0.465 e. The second-order valence-electron chi connectivity index (χ2n) is 5.95. The molecule has 0 heterocycles. The summed E-state index contributed by atoms with van der Waals surface area (Å²) in [4.78, 5) is 24.6. The molecule has 0 N–H and O–H groups in total. The Kier molecular flexibility index (Phi) is 7.86. The van der Waals surface area contributed by atoms with E-state index < -0.39 is 5.41 Å². The van der Waals surface area contributed by atoms with Gasteiger partial charge in [-0.15, -0.1) is 0 Å². The minimum atomic E-state index is -0.807. The summed E-state index contributed by atoms with van der Waals surface area (Å²) in [5.74, 6) is -0.144. The van der Waals surface area contributed by atoms with Crippen LogP contribution < -0.4 is 0 Å². The lowest BCUT2D eigenvalue weighted by Gasteiger charge is -2.33. The van der Waals surface area contributed by atoms with Gasteiger partial charge in [-0.25, -0.2) is 0 Å². The number of carbonyl (C=O) groups excluding carboxylic acids is 2. The highest BCUT2D eigenvalue weighted by molar-refractivity contribution is 6.04. The molecule has 3 heteroatoms. The second kappa shape index (κ2) is 9.15. The van der Waals surface area contributed by atoms with Crippen molar-refractivity contribution in [3.63, 3.8) is 0 Å². The Bertz CT molecular complexity index is 311. The molecule has 0 aromatic carbocycles. The summed E-state index contributed by atoms with van der Waals surface area (Å²) in [6.45, 7) is 4.38. The summed E-state index contributed by atoms with van der Waals surface area (Å²) in [6, 6.07) is 0. The van der Waals surface area contributed by atoms with Gasteiger partial charge in [0.05, 0.1) is 6.61 Å². The summed E-state index contributed by atoms with van der Waals surface area (Å²) < 4.78 is 5.19. The molecule has 1 aliphatic rings. The molecule has 0 radical (unpaired) electrons. The van der Waals surface area contributed by atoms with Crippen LogP contribution in [0.1, 0.15) is 84.5 Å². The number of hydrogen-bond donors (Lipinski definition) is 0. The van der Waals surface area contributed by atoms with Gasteiger partial charge in [-0.05, 0) is 26.2 Å². The van der Waals surface area contributed by atoms with Gasteiger partial charge in [0.1, 0.15) is 11.2 Å². The summed E-state index contributed by atoms with van der Waals surface area (Å²) in [5.41, 5.74) is -0.807. The van der Waals surface area contributed by atoms with Crippen molar-refractivity contribution in [1.29, 1.82) is 0 Å². The highest BCUT2D eigenvalue weighted by atomic mass is 16.5. The van der Waals surface area contributed by atoms with Crippen LogP contribution in [0.3, 0.4) is 0 Å². The Hall–Kier alpha value is -0.860. The third-order valence-corrected chi connectivity index (χ3v) is 4.41. The number of esters is 1. The number of rotatable bonds is 9. The number of ketones is 1. The average molecular weight is 282 g/mol. The standard InChI is InChI=1S/C17H30O3/c1-3-5-6-7-8-10-13-17(16(19)20-4-2)14-11-9-12-15(17)18/h3-14H2,1-2H3. The molecule has 0 aromatic rings. The lowest BCUT2D eigenvalue weighted by atomic mass is 9.70. The smallest absolute Gasteiger partial charge is 0.319 e. The summed E-state index contributed by atoms with van der Waals surface area (Å²) in [6.07, 6.45) is 10.9. The van der Waals surface area contributed by atoms with Crippen molar-refractivity contribution in [2.45, 2.75) is 84.5 Å². The van der Waals surface area contributed by atoms with E-state index in [9.17, 15) is 9.59 Å². The van der Waals surface area contributed by atoms with Crippen molar-refractivity contribution >= 4 is 11.8 Å². The Morgan fingerprint density at radius 2 is 1.80 bits per heavy atom. The van der Waals surface area contributed by atoms with Crippen LogP contribution >= 0.6 is 0 Å². The number of hydrogen-bond acceptors (Lipinski definition) is 3.